The van der Waals surface area contributed by atoms with E-state index in [2.05, 4.69) is 6.92 Å². The van der Waals surface area contributed by atoms with Gasteiger partial charge >= 0.3 is 0 Å². The van der Waals surface area contributed by atoms with Gasteiger partial charge in [0.15, 0.2) is 5.78 Å². The third kappa shape index (κ3) is 1.89. The van der Waals surface area contributed by atoms with Crippen molar-refractivity contribution in [3.8, 4) is 0 Å². The number of rotatable bonds is 1. The highest BCUT2D eigenvalue weighted by molar-refractivity contribution is 5.96. The first-order valence-corrected chi connectivity index (χ1v) is 9.83. The van der Waals surface area contributed by atoms with Crippen LogP contribution >= 0.6 is 0 Å². The summed E-state index contributed by atoms with van der Waals surface area (Å²) in [5.41, 5.74) is 1.53. The number of aliphatic hydroxyl groups excluding tert-OH is 1. The molecule has 0 aromatic heterocycles. The summed E-state index contributed by atoms with van der Waals surface area (Å²) in [5.74, 6) is 1.93. The van der Waals surface area contributed by atoms with Gasteiger partial charge in [0.05, 0.1) is 12.2 Å². The van der Waals surface area contributed by atoms with Gasteiger partial charge in [-0.05, 0) is 87.5 Å². The van der Waals surface area contributed by atoms with Crippen LogP contribution < -0.4 is 0 Å². The summed E-state index contributed by atoms with van der Waals surface area (Å²) in [7, 11) is 0. The van der Waals surface area contributed by atoms with Crippen LogP contribution in [0.1, 0.15) is 72.1 Å². The summed E-state index contributed by atoms with van der Waals surface area (Å²) < 4.78 is 0. The van der Waals surface area contributed by atoms with E-state index in [0.717, 1.165) is 50.5 Å². The van der Waals surface area contributed by atoms with E-state index in [0.29, 0.717) is 24.2 Å². The molecular weight excluding hydrogens is 300 g/mol. The predicted octanol–water partition coefficient (Wildman–Crippen LogP) is 3.63. The molecule has 24 heavy (non-hydrogen) atoms. The fourth-order valence-electron chi connectivity index (χ4n) is 7.28. The molecule has 134 valence electrons. The fourth-order valence-corrected chi connectivity index (χ4v) is 7.28. The van der Waals surface area contributed by atoms with Crippen molar-refractivity contribution < 1.29 is 15.0 Å². The van der Waals surface area contributed by atoms with E-state index in [1.54, 1.807) is 0 Å². The molecule has 0 saturated heterocycles. The Labute approximate surface area is 145 Å². The van der Waals surface area contributed by atoms with Crippen molar-refractivity contribution in [3.05, 3.63) is 11.1 Å². The zero-order chi connectivity index (χ0) is 17.3. The number of ketones is 1. The highest BCUT2D eigenvalue weighted by Crippen LogP contribution is 2.67. The van der Waals surface area contributed by atoms with Crippen LogP contribution in [0.5, 0.6) is 0 Å². The van der Waals surface area contributed by atoms with Crippen LogP contribution in [0.4, 0.5) is 0 Å². The van der Waals surface area contributed by atoms with Gasteiger partial charge in [-0.15, -0.1) is 0 Å². The Morgan fingerprint density at radius 1 is 1.04 bits per heavy atom. The molecule has 0 radical (unpaired) electrons. The predicted molar refractivity (Wildman–Crippen MR) is 93.4 cm³/mol. The molecule has 0 aliphatic heterocycles. The lowest BCUT2D eigenvalue weighted by Crippen LogP contribution is -2.55. The Morgan fingerprint density at radius 2 is 1.75 bits per heavy atom. The minimum atomic E-state index is -0.552. The van der Waals surface area contributed by atoms with E-state index < -0.39 is 5.60 Å². The van der Waals surface area contributed by atoms with Gasteiger partial charge in [-0.25, -0.2) is 0 Å². The standard InChI is InChI=1S/C21H32O3/c1-13-15-5-4-14-16-7-10-20(3,24)19(16,2)9-6-17(14)21(15,12-22)11-8-18(13)23/h14,16-17,22,24H,4-12H2,1-3H3/t14-,16-,17+,19-,20?,21+/m0/s1. The van der Waals surface area contributed by atoms with Gasteiger partial charge in [-0.2, -0.15) is 0 Å². The summed E-state index contributed by atoms with van der Waals surface area (Å²) >= 11 is 0. The minimum Gasteiger partial charge on any atom is -0.395 e. The molecule has 2 N–H and O–H groups in total. The maximum absolute atomic E-state index is 12.2. The zero-order valence-corrected chi connectivity index (χ0v) is 15.4. The first kappa shape index (κ1) is 16.8. The molecule has 6 atom stereocenters. The van der Waals surface area contributed by atoms with Gasteiger partial charge in [0.25, 0.3) is 0 Å². The van der Waals surface area contributed by atoms with Crippen LogP contribution in [-0.4, -0.2) is 28.2 Å². The van der Waals surface area contributed by atoms with Crippen LogP contribution in [0, 0.1) is 28.6 Å². The Morgan fingerprint density at radius 3 is 2.46 bits per heavy atom. The lowest BCUT2D eigenvalue weighted by molar-refractivity contribution is -0.131. The average Bonchev–Trinajstić information content (AvgIpc) is 2.80. The normalized spacial score (nSPS) is 51.2. The molecule has 0 aromatic rings. The Kier molecular flexibility index (Phi) is 3.61. The molecule has 3 heteroatoms. The minimum absolute atomic E-state index is 0.0194. The number of aliphatic hydroxyl groups is 2. The van der Waals surface area contributed by atoms with Crippen molar-refractivity contribution in [3.63, 3.8) is 0 Å². The smallest absolute Gasteiger partial charge is 0.158 e. The Hall–Kier alpha value is -0.670. The summed E-state index contributed by atoms with van der Waals surface area (Å²) in [6.45, 7) is 6.50. The molecule has 0 spiro atoms. The number of carbonyl (C=O) groups excluding carboxylic acids is 1. The molecule has 0 amide bonds. The molecule has 3 saturated carbocycles. The van der Waals surface area contributed by atoms with Crippen molar-refractivity contribution in [2.24, 2.45) is 28.6 Å². The summed E-state index contributed by atoms with van der Waals surface area (Å²) in [5, 5.41) is 21.4. The summed E-state index contributed by atoms with van der Waals surface area (Å²) in [6, 6.07) is 0. The van der Waals surface area contributed by atoms with Crippen LogP contribution in [-0.2, 0) is 4.79 Å². The third-order valence-corrected chi connectivity index (χ3v) is 8.99. The van der Waals surface area contributed by atoms with Crippen LogP contribution in [0.3, 0.4) is 0 Å². The van der Waals surface area contributed by atoms with Gasteiger partial charge < -0.3 is 10.2 Å². The quantitative estimate of drug-likeness (QED) is 0.771. The Bertz CT molecular complexity index is 604. The molecule has 0 bridgehead atoms. The van der Waals surface area contributed by atoms with Crippen molar-refractivity contribution in [2.45, 2.75) is 77.7 Å². The van der Waals surface area contributed by atoms with E-state index in [9.17, 15) is 15.0 Å². The molecule has 4 aliphatic rings. The van der Waals surface area contributed by atoms with Crippen LogP contribution in [0.15, 0.2) is 11.1 Å². The van der Waals surface area contributed by atoms with Crippen LogP contribution in [0.2, 0.25) is 0 Å². The van der Waals surface area contributed by atoms with Gasteiger partial charge in [0.1, 0.15) is 0 Å². The first-order chi connectivity index (χ1) is 11.3. The van der Waals surface area contributed by atoms with Gasteiger partial charge in [0.2, 0.25) is 0 Å². The lowest BCUT2D eigenvalue weighted by Gasteiger charge is -2.59. The average molecular weight is 332 g/mol. The Balaban J connectivity index is 1.75. The van der Waals surface area contributed by atoms with E-state index in [4.69, 9.17) is 0 Å². The SMILES string of the molecule is CC1=C2CC[C@@H]3[C@@H](CC[C@@]4(C)[C@H]3CCC4(C)O)[C@@]2(CO)CCC1=O. The first-order valence-electron chi connectivity index (χ1n) is 9.83. The van der Waals surface area contributed by atoms with E-state index in [-0.39, 0.29) is 23.2 Å². The molecule has 3 fully saturated rings. The number of hydrogen-bond acceptors (Lipinski definition) is 3. The second kappa shape index (κ2) is 5.17. The molecule has 4 rings (SSSR count). The van der Waals surface area contributed by atoms with Gasteiger partial charge in [-0.1, -0.05) is 12.5 Å². The number of carbonyl (C=O) groups is 1. The monoisotopic (exact) mass is 332 g/mol. The largest absolute Gasteiger partial charge is 0.395 e. The van der Waals surface area contributed by atoms with Crippen molar-refractivity contribution in [1.82, 2.24) is 0 Å². The lowest BCUT2D eigenvalue weighted by atomic mass is 9.45. The second-order valence-corrected chi connectivity index (χ2v) is 9.53. The molecule has 0 heterocycles. The van der Waals surface area contributed by atoms with E-state index in [1.807, 2.05) is 13.8 Å². The van der Waals surface area contributed by atoms with Crippen molar-refractivity contribution in [2.75, 3.05) is 6.61 Å². The molecule has 0 aromatic carbocycles. The fraction of sp³-hybridized carbons (Fsp3) is 0.857. The zero-order valence-electron chi connectivity index (χ0n) is 15.4. The number of hydrogen-bond donors (Lipinski definition) is 2. The van der Waals surface area contributed by atoms with Crippen LogP contribution in [0.25, 0.3) is 0 Å². The maximum Gasteiger partial charge on any atom is 0.158 e. The number of fused-ring (bicyclic) bond motifs is 5. The topological polar surface area (TPSA) is 57.5 Å². The second-order valence-electron chi connectivity index (χ2n) is 9.53. The van der Waals surface area contributed by atoms with E-state index in [1.165, 1.54) is 5.57 Å². The molecule has 4 aliphatic carbocycles. The third-order valence-electron chi connectivity index (χ3n) is 8.99. The van der Waals surface area contributed by atoms with Gasteiger partial charge in [-0.3, -0.25) is 4.79 Å². The molecule has 3 nitrogen and oxygen atoms in total. The highest BCUT2D eigenvalue weighted by atomic mass is 16.3. The van der Waals surface area contributed by atoms with Crippen molar-refractivity contribution in [1.29, 1.82) is 0 Å². The number of Topliss-reactive ketones (excluding diaryl/α,β-unsaturated/α-hetero) is 1. The van der Waals surface area contributed by atoms with Crippen molar-refractivity contribution >= 4 is 5.78 Å². The summed E-state index contributed by atoms with van der Waals surface area (Å²) in [4.78, 5) is 12.2. The van der Waals surface area contributed by atoms with Gasteiger partial charge in [0, 0.05) is 11.8 Å². The highest BCUT2D eigenvalue weighted by Gasteiger charge is 2.63. The van der Waals surface area contributed by atoms with E-state index >= 15 is 0 Å². The maximum atomic E-state index is 12.2. The molecular formula is C21H32O3. The molecule has 1 unspecified atom stereocenters. The summed E-state index contributed by atoms with van der Waals surface area (Å²) in [6.07, 6.45) is 7.67.